The molecule has 0 aromatic carbocycles. The minimum atomic E-state index is -0.197. The number of rotatable bonds is 5. The molecule has 6 nitrogen and oxygen atoms in total. The number of carbonyl (C=O) groups is 1. The summed E-state index contributed by atoms with van der Waals surface area (Å²) < 4.78 is 0. The van der Waals surface area contributed by atoms with Gasteiger partial charge < -0.3 is 15.4 Å². The predicted molar refractivity (Wildman–Crippen MR) is 65.3 cm³/mol. The molecule has 1 aromatic rings. The fourth-order valence-corrected chi connectivity index (χ4v) is 1.45. The van der Waals surface area contributed by atoms with Crippen LogP contribution in [-0.4, -0.2) is 40.1 Å². The van der Waals surface area contributed by atoms with Crippen LogP contribution < -0.4 is 11.3 Å². The maximum Gasteiger partial charge on any atom is 0.272 e. The molecule has 0 spiro atoms. The van der Waals surface area contributed by atoms with E-state index in [1.807, 2.05) is 13.8 Å². The van der Waals surface area contributed by atoms with Gasteiger partial charge >= 0.3 is 0 Å². The third kappa shape index (κ3) is 3.40. The third-order valence-corrected chi connectivity index (χ3v) is 2.37. The van der Waals surface area contributed by atoms with Crippen molar-refractivity contribution in [3.63, 3.8) is 0 Å². The number of hydrogen-bond donors (Lipinski definition) is 3. The van der Waals surface area contributed by atoms with Crippen molar-refractivity contribution in [2.75, 3.05) is 18.6 Å². The van der Waals surface area contributed by atoms with E-state index >= 15 is 0 Å². The summed E-state index contributed by atoms with van der Waals surface area (Å²) in [6.07, 6.45) is 1.49. The van der Waals surface area contributed by atoms with Crippen molar-refractivity contribution in [2.45, 2.75) is 19.9 Å². The topological polar surface area (TPSA) is 91.5 Å². The highest BCUT2D eigenvalue weighted by molar-refractivity contribution is 5.92. The Kier molecular flexibility index (Phi) is 4.86. The summed E-state index contributed by atoms with van der Waals surface area (Å²) >= 11 is 0. The molecule has 1 heterocycles. The molecule has 1 aromatic heterocycles. The molecule has 0 fully saturated rings. The first-order chi connectivity index (χ1) is 8.10. The molecule has 0 aliphatic rings. The van der Waals surface area contributed by atoms with E-state index in [1.54, 1.807) is 17.0 Å². The number of nitrogens with zero attached hydrogens (tertiary/aromatic N) is 2. The van der Waals surface area contributed by atoms with Crippen molar-refractivity contribution >= 4 is 11.6 Å². The van der Waals surface area contributed by atoms with Gasteiger partial charge in [-0.3, -0.25) is 10.6 Å². The van der Waals surface area contributed by atoms with Gasteiger partial charge in [0.1, 0.15) is 5.69 Å². The Hall–Kier alpha value is -1.66. The lowest BCUT2D eigenvalue weighted by molar-refractivity contribution is 0.0659. The first-order valence-corrected chi connectivity index (χ1v) is 5.44. The quantitative estimate of drug-likeness (QED) is 0.504. The summed E-state index contributed by atoms with van der Waals surface area (Å²) in [7, 11) is 0. The zero-order valence-electron chi connectivity index (χ0n) is 10.1. The second-order valence-corrected chi connectivity index (χ2v) is 3.89. The Bertz CT molecular complexity index is 364. The number of amides is 1. The molecule has 4 N–H and O–H groups in total. The van der Waals surface area contributed by atoms with Crippen LogP contribution in [0.2, 0.25) is 0 Å². The minimum absolute atomic E-state index is 0.0174. The lowest BCUT2D eigenvalue weighted by Gasteiger charge is -2.25. The largest absolute Gasteiger partial charge is 0.395 e. The summed E-state index contributed by atoms with van der Waals surface area (Å²) in [6.45, 7) is 4.02. The van der Waals surface area contributed by atoms with Crippen molar-refractivity contribution in [1.29, 1.82) is 0 Å². The minimum Gasteiger partial charge on any atom is -0.395 e. The smallest absolute Gasteiger partial charge is 0.272 e. The highest BCUT2D eigenvalue weighted by Crippen LogP contribution is 2.09. The van der Waals surface area contributed by atoms with E-state index in [2.05, 4.69) is 10.4 Å². The number of anilines is 1. The summed E-state index contributed by atoms with van der Waals surface area (Å²) in [5, 5.41) is 8.92. The fourth-order valence-electron chi connectivity index (χ4n) is 1.45. The predicted octanol–water partition coefficient (Wildman–Crippen LogP) is 0.210. The second-order valence-electron chi connectivity index (χ2n) is 3.89. The molecule has 17 heavy (non-hydrogen) atoms. The van der Waals surface area contributed by atoms with Crippen LogP contribution in [0, 0.1) is 0 Å². The molecule has 0 radical (unpaired) electrons. The van der Waals surface area contributed by atoms with Crippen molar-refractivity contribution in [3.8, 4) is 0 Å². The van der Waals surface area contributed by atoms with Crippen LogP contribution in [0.3, 0.4) is 0 Å². The van der Waals surface area contributed by atoms with E-state index in [1.165, 1.54) is 6.20 Å². The van der Waals surface area contributed by atoms with Crippen LogP contribution in [0.15, 0.2) is 18.3 Å². The first kappa shape index (κ1) is 13.4. The molecule has 1 rings (SSSR count). The second kappa shape index (κ2) is 6.17. The Morgan fingerprint density at radius 1 is 1.59 bits per heavy atom. The van der Waals surface area contributed by atoms with Gasteiger partial charge in [0, 0.05) is 12.6 Å². The van der Waals surface area contributed by atoms with Crippen molar-refractivity contribution in [3.05, 3.63) is 24.0 Å². The van der Waals surface area contributed by atoms with Crippen LogP contribution in [0.4, 0.5) is 5.69 Å². The fraction of sp³-hybridized carbons (Fsp3) is 0.455. The maximum atomic E-state index is 12.1. The highest BCUT2D eigenvalue weighted by Gasteiger charge is 2.18. The van der Waals surface area contributed by atoms with Gasteiger partial charge in [0.05, 0.1) is 18.5 Å². The Morgan fingerprint density at radius 2 is 2.29 bits per heavy atom. The molecule has 0 saturated carbocycles. The van der Waals surface area contributed by atoms with Gasteiger partial charge in [-0.15, -0.1) is 0 Å². The number of aliphatic hydroxyl groups is 1. The van der Waals surface area contributed by atoms with Crippen LogP contribution in [0.1, 0.15) is 24.3 Å². The van der Waals surface area contributed by atoms with E-state index in [-0.39, 0.29) is 18.6 Å². The number of hydrogen-bond acceptors (Lipinski definition) is 5. The average Bonchev–Trinajstić information content (AvgIpc) is 2.35. The Balaban J connectivity index is 2.85. The number of pyridine rings is 1. The van der Waals surface area contributed by atoms with Crippen LogP contribution in [0.25, 0.3) is 0 Å². The lowest BCUT2D eigenvalue weighted by atomic mass is 10.2. The molecule has 0 bridgehead atoms. The van der Waals surface area contributed by atoms with E-state index < -0.39 is 0 Å². The van der Waals surface area contributed by atoms with Crippen LogP contribution in [-0.2, 0) is 0 Å². The van der Waals surface area contributed by atoms with Crippen molar-refractivity contribution in [1.82, 2.24) is 9.88 Å². The number of nitrogens with one attached hydrogen (secondary N) is 1. The van der Waals surface area contributed by atoms with E-state index in [0.29, 0.717) is 17.9 Å². The third-order valence-electron chi connectivity index (χ3n) is 2.37. The molecule has 0 saturated heterocycles. The molecule has 94 valence electrons. The molecule has 6 heteroatoms. The van der Waals surface area contributed by atoms with Gasteiger partial charge in [-0.1, -0.05) is 0 Å². The van der Waals surface area contributed by atoms with E-state index in [0.717, 1.165) is 0 Å². The molecule has 0 unspecified atom stereocenters. The average molecular weight is 238 g/mol. The summed E-state index contributed by atoms with van der Waals surface area (Å²) in [6, 6.07) is 3.30. The van der Waals surface area contributed by atoms with Crippen LogP contribution in [0.5, 0.6) is 0 Å². The normalized spacial score (nSPS) is 10.4. The highest BCUT2D eigenvalue weighted by atomic mass is 16.3. The van der Waals surface area contributed by atoms with Gasteiger partial charge in [-0.2, -0.15) is 0 Å². The molecular weight excluding hydrogens is 220 g/mol. The summed E-state index contributed by atoms with van der Waals surface area (Å²) in [5.74, 6) is 5.02. The van der Waals surface area contributed by atoms with Gasteiger partial charge in [0.25, 0.3) is 5.91 Å². The van der Waals surface area contributed by atoms with Gasteiger partial charge in [0.15, 0.2) is 0 Å². The van der Waals surface area contributed by atoms with E-state index in [9.17, 15) is 4.79 Å². The van der Waals surface area contributed by atoms with Gasteiger partial charge in [-0.25, -0.2) is 4.98 Å². The Labute approximate surface area is 100 Å². The van der Waals surface area contributed by atoms with Gasteiger partial charge in [-0.05, 0) is 26.0 Å². The zero-order valence-corrected chi connectivity index (χ0v) is 10.1. The number of aliphatic hydroxyl groups excluding tert-OH is 1. The maximum absolute atomic E-state index is 12.1. The molecule has 0 aliphatic carbocycles. The van der Waals surface area contributed by atoms with Crippen molar-refractivity contribution in [2.24, 2.45) is 5.84 Å². The summed E-state index contributed by atoms with van der Waals surface area (Å²) in [4.78, 5) is 17.7. The van der Waals surface area contributed by atoms with E-state index in [4.69, 9.17) is 10.9 Å². The zero-order chi connectivity index (χ0) is 12.8. The SMILES string of the molecule is CC(C)N(CCO)C(=O)c1ccc(NN)cn1. The monoisotopic (exact) mass is 238 g/mol. The number of carbonyl (C=O) groups excluding carboxylic acids is 1. The molecule has 0 atom stereocenters. The number of hydrazine groups is 1. The lowest BCUT2D eigenvalue weighted by Crippen LogP contribution is -2.39. The Morgan fingerprint density at radius 3 is 2.71 bits per heavy atom. The van der Waals surface area contributed by atoms with Crippen LogP contribution >= 0.6 is 0 Å². The summed E-state index contributed by atoms with van der Waals surface area (Å²) in [5.41, 5.74) is 3.42. The molecular formula is C11H18N4O2. The number of nitrogen functional groups attached to an aromatic ring is 1. The van der Waals surface area contributed by atoms with Crippen molar-refractivity contribution < 1.29 is 9.90 Å². The first-order valence-electron chi connectivity index (χ1n) is 5.44. The number of nitrogens with two attached hydrogens (primary N) is 1. The van der Waals surface area contributed by atoms with Gasteiger partial charge in [0.2, 0.25) is 0 Å². The number of aromatic nitrogens is 1. The molecule has 1 amide bonds. The standard InChI is InChI=1S/C11H18N4O2/c1-8(2)15(5-6-16)11(17)10-4-3-9(14-12)7-13-10/h3-4,7-8,14,16H,5-6,12H2,1-2H3. The molecule has 0 aliphatic heterocycles.